The number of aromatic hydroxyl groups is 1. The number of methoxy groups -OCH3 is 1. The van der Waals surface area contributed by atoms with Crippen molar-refractivity contribution in [1.82, 2.24) is 4.90 Å². The van der Waals surface area contributed by atoms with Gasteiger partial charge in [-0.15, -0.1) is 0 Å². The zero-order valence-electron chi connectivity index (χ0n) is 9.64. The molecule has 0 bridgehead atoms. The van der Waals surface area contributed by atoms with Crippen LogP contribution in [0, 0.1) is 0 Å². The molecule has 16 heavy (non-hydrogen) atoms. The highest BCUT2D eigenvalue weighted by molar-refractivity contribution is 5.69. The molecule has 0 spiro atoms. The summed E-state index contributed by atoms with van der Waals surface area (Å²) in [6.45, 7) is 1.34. The number of phenolic OH excluding ortho intramolecular Hbond substituents is 1. The summed E-state index contributed by atoms with van der Waals surface area (Å²) in [7, 11) is 3.31. The van der Waals surface area contributed by atoms with Gasteiger partial charge in [-0.2, -0.15) is 0 Å². The minimum Gasteiger partial charge on any atom is -0.508 e. The zero-order valence-corrected chi connectivity index (χ0v) is 9.64. The summed E-state index contributed by atoms with van der Waals surface area (Å²) < 4.78 is 4.56. The van der Waals surface area contributed by atoms with E-state index in [2.05, 4.69) is 4.74 Å². The second-order valence-electron chi connectivity index (χ2n) is 3.73. The van der Waals surface area contributed by atoms with E-state index in [0.29, 0.717) is 19.5 Å². The lowest BCUT2D eigenvalue weighted by Crippen LogP contribution is -2.21. The van der Waals surface area contributed by atoms with E-state index in [4.69, 9.17) is 0 Å². The Labute approximate surface area is 95.5 Å². The summed E-state index contributed by atoms with van der Waals surface area (Å²) >= 11 is 0. The van der Waals surface area contributed by atoms with Crippen LogP contribution < -0.4 is 0 Å². The first-order chi connectivity index (χ1) is 7.61. The van der Waals surface area contributed by atoms with Crippen molar-refractivity contribution in [1.29, 1.82) is 0 Å². The number of carbonyl (C=O) groups is 1. The topological polar surface area (TPSA) is 49.8 Å². The summed E-state index contributed by atoms with van der Waals surface area (Å²) in [6, 6.07) is 7.10. The Morgan fingerprint density at radius 1 is 1.50 bits per heavy atom. The third-order valence-electron chi connectivity index (χ3n) is 2.29. The highest BCUT2D eigenvalue weighted by atomic mass is 16.5. The Hall–Kier alpha value is -1.55. The number of ether oxygens (including phenoxy) is 1. The first-order valence-corrected chi connectivity index (χ1v) is 5.15. The predicted octanol–water partition coefficient (Wildman–Crippen LogP) is 1.39. The van der Waals surface area contributed by atoms with Crippen molar-refractivity contribution in [3.8, 4) is 5.75 Å². The molecule has 0 aliphatic carbocycles. The number of rotatable bonds is 5. The molecule has 1 rings (SSSR count). The number of nitrogens with zero attached hydrogens (tertiary/aromatic N) is 1. The summed E-state index contributed by atoms with van der Waals surface area (Å²) in [5.74, 6) is 0.0571. The largest absolute Gasteiger partial charge is 0.508 e. The maximum absolute atomic E-state index is 10.9. The third-order valence-corrected chi connectivity index (χ3v) is 2.29. The smallest absolute Gasteiger partial charge is 0.306 e. The van der Waals surface area contributed by atoms with Crippen LogP contribution in [0.4, 0.5) is 0 Å². The molecule has 0 heterocycles. The Bertz CT molecular complexity index is 352. The average molecular weight is 223 g/mol. The van der Waals surface area contributed by atoms with Crippen molar-refractivity contribution in [2.45, 2.75) is 13.0 Å². The highest BCUT2D eigenvalue weighted by Crippen LogP contribution is 2.12. The molecule has 0 aromatic heterocycles. The van der Waals surface area contributed by atoms with Gasteiger partial charge >= 0.3 is 5.97 Å². The lowest BCUT2D eigenvalue weighted by Gasteiger charge is -2.15. The van der Waals surface area contributed by atoms with E-state index in [9.17, 15) is 9.90 Å². The number of esters is 1. The van der Waals surface area contributed by atoms with Crippen molar-refractivity contribution in [3.63, 3.8) is 0 Å². The monoisotopic (exact) mass is 223 g/mol. The van der Waals surface area contributed by atoms with Gasteiger partial charge in [-0.3, -0.25) is 4.79 Å². The van der Waals surface area contributed by atoms with Gasteiger partial charge < -0.3 is 14.7 Å². The summed E-state index contributed by atoms with van der Waals surface area (Å²) in [5, 5.41) is 9.29. The van der Waals surface area contributed by atoms with E-state index in [-0.39, 0.29) is 11.7 Å². The quantitative estimate of drug-likeness (QED) is 0.766. The molecule has 0 aliphatic heterocycles. The number of hydrogen-bond donors (Lipinski definition) is 1. The third kappa shape index (κ3) is 4.31. The van der Waals surface area contributed by atoms with Gasteiger partial charge in [0.1, 0.15) is 5.75 Å². The fourth-order valence-electron chi connectivity index (χ4n) is 1.43. The first-order valence-electron chi connectivity index (χ1n) is 5.15. The van der Waals surface area contributed by atoms with Crippen LogP contribution in [0.15, 0.2) is 24.3 Å². The number of carbonyl (C=O) groups excluding carboxylic acids is 1. The Kier molecular flexibility index (Phi) is 4.79. The number of hydrogen-bond acceptors (Lipinski definition) is 4. The molecule has 1 aromatic rings. The standard InChI is InChI=1S/C12H17NO3/c1-13(7-6-12(15)16-2)9-10-4-3-5-11(14)8-10/h3-5,8,14H,6-7,9H2,1-2H3. The minimum atomic E-state index is -0.206. The lowest BCUT2D eigenvalue weighted by atomic mass is 10.2. The van der Waals surface area contributed by atoms with Gasteiger partial charge in [-0.25, -0.2) is 0 Å². The van der Waals surface area contributed by atoms with E-state index in [1.54, 1.807) is 18.2 Å². The average Bonchev–Trinajstić information content (AvgIpc) is 2.26. The molecule has 4 nitrogen and oxygen atoms in total. The molecule has 0 amide bonds. The second-order valence-corrected chi connectivity index (χ2v) is 3.73. The summed E-state index contributed by atoms with van der Waals surface area (Å²) in [5.41, 5.74) is 1.02. The molecule has 0 unspecified atom stereocenters. The molecule has 1 N–H and O–H groups in total. The van der Waals surface area contributed by atoms with Crippen molar-refractivity contribution >= 4 is 5.97 Å². The van der Waals surface area contributed by atoms with Crippen LogP contribution in [0.1, 0.15) is 12.0 Å². The van der Waals surface area contributed by atoms with E-state index in [1.807, 2.05) is 18.0 Å². The predicted molar refractivity (Wildman–Crippen MR) is 61.1 cm³/mol. The maximum Gasteiger partial charge on any atom is 0.306 e. The minimum absolute atomic E-state index is 0.206. The van der Waals surface area contributed by atoms with Gasteiger partial charge in [0.2, 0.25) is 0 Å². The lowest BCUT2D eigenvalue weighted by molar-refractivity contribution is -0.140. The van der Waals surface area contributed by atoms with Gasteiger partial charge in [0.05, 0.1) is 13.5 Å². The van der Waals surface area contributed by atoms with Crippen LogP contribution in [0.2, 0.25) is 0 Å². The molecule has 0 radical (unpaired) electrons. The fraction of sp³-hybridized carbons (Fsp3) is 0.417. The normalized spacial score (nSPS) is 10.4. The Morgan fingerprint density at radius 2 is 2.25 bits per heavy atom. The van der Waals surface area contributed by atoms with E-state index >= 15 is 0 Å². The summed E-state index contributed by atoms with van der Waals surface area (Å²) in [6.07, 6.45) is 0.381. The zero-order chi connectivity index (χ0) is 12.0. The Morgan fingerprint density at radius 3 is 2.88 bits per heavy atom. The van der Waals surface area contributed by atoms with Crippen LogP contribution in [-0.4, -0.2) is 36.7 Å². The van der Waals surface area contributed by atoms with E-state index in [1.165, 1.54) is 7.11 Å². The maximum atomic E-state index is 10.9. The van der Waals surface area contributed by atoms with Gasteiger partial charge in [0.15, 0.2) is 0 Å². The van der Waals surface area contributed by atoms with Gasteiger partial charge in [0.25, 0.3) is 0 Å². The molecule has 88 valence electrons. The van der Waals surface area contributed by atoms with Crippen LogP contribution in [0.5, 0.6) is 5.75 Å². The molecule has 0 saturated carbocycles. The van der Waals surface area contributed by atoms with Gasteiger partial charge in [-0.05, 0) is 24.7 Å². The van der Waals surface area contributed by atoms with Crippen LogP contribution >= 0.6 is 0 Å². The van der Waals surface area contributed by atoms with Crippen LogP contribution in [0.25, 0.3) is 0 Å². The molecule has 0 fully saturated rings. The number of phenols is 1. The van der Waals surface area contributed by atoms with Gasteiger partial charge in [-0.1, -0.05) is 12.1 Å². The second kappa shape index (κ2) is 6.12. The van der Waals surface area contributed by atoms with Gasteiger partial charge in [0, 0.05) is 13.1 Å². The fourth-order valence-corrected chi connectivity index (χ4v) is 1.43. The molecule has 0 aliphatic rings. The Balaban J connectivity index is 2.39. The van der Waals surface area contributed by atoms with Crippen LogP contribution in [-0.2, 0) is 16.1 Å². The van der Waals surface area contributed by atoms with Crippen molar-refractivity contribution in [3.05, 3.63) is 29.8 Å². The SMILES string of the molecule is COC(=O)CCN(C)Cc1cccc(O)c1. The molecule has 1 aromatic carbocycles. The molecular weight excluding hydrogens is 206 g/mol. The molecule has 4 heteroatoms. The molecular formula is C12H17NO3. The first kappa shape index (κ1) is 12.5. The summed E-state index contributed by atoms with van der Waals surface area (Å²) in [4.78, 5) is 12.9. The number of benzene rings is 1. The van der Waals surface area contributed by atoms with E-state index < -0.39 is 0 Å². The molecule has 0 saturated heterocycles. The molecule has 0 atom stereocenters. The van der Waals surface area contributed by atoms with Crippen molar-refractivity contribution in [2.24, 2.45) is 0 Å². The van der Waals surface area contributed by atoms with Crippen molar-refractivity contribution < 1.29 is 14.6 Å². The highest BCUT2D eigenvalue weighted by Gasteiger charge is 2.05. The van der Waals surface area contributed by atoms with E-state index in [0.717, 1.165) is 5.56 Å². The van der Waals surface area contributed by atoms with Crippen LogP contribution in [0.3, 0.4) is 0 Å². The van der Waals surface area contributed by atoms with Crippen molar-refractivity contribution in [2.75, 3.05) is 20.7 Å².